The zero-order chi connectivity index (χ0) is 19.7. The molecular formula is C20H23N5O3. The number of nitrogens with zero attached hydrogens (tertiary/aromatic N) is 4. The van der Waals surface area contributed by atoms with E-state index < -0.39 is 12.1 Å². The summed E-state index contributed by atoms with van der Waals surface area (Å²) in [4.78, 5) is 40.1. The minimum atomic E-state index is -0.798. The Balaban J connectivity index is 1.55. The summed E-state index contributed by atoms with van der Waals surface area (Å²) in [6.45, 7) is 3.90. The molecule has 3 heterocycles. The van der Waals surface area contributed by atoms with Crippen molar-refractivity contribution in [3.05, 3.63) is 53.4 Å². The number of carbonyl (C=O) groups excluding carboxylic acids is 2. The number of hydrogen-bond donors (Lipinski definition) is 1. The topological polar surface area (TPSA) is 97.3 Å². The lowest BCUT2D eigenvalue weighted by Gasteiger charge is -2.40. The van der Waals surface area contributed by atoms with Crippen molar-refractivity contribution < 1.29 is 14.3 Å². The van der Waals surface area contributed by atoms with Crippen LogP contribution in [0.2, 0.25) is 0 Å². The number of nitrogens with one attached hydrogen (secondary N) is 1. The van der Waals surface area contributed by atoms with Gasteiger partial charge in [0, 0.05) is 29.8 Å². The van der Waals surface area contributed by atoms with E-state index in [2.05, 4.69) is 20.3 Å². The van der Waals surface area contributed by atoms with Crippen LogP contribution >= 0.6 is 0 Å². The number of aromatic nitrogens is 3. The molecule has 28 heavy (non-hydrogen) atoms. The molecule has 0 spiro atoms. The summed E-state index contributed by atoms with van der Waals surface area (Å²) < 4.78 is 5.69. The summed E-state index contributed by atoms with van der Waals surface area (Å²) in [5, 5.41) is 2.87. The Hall–Kier alpha value is -2.87. The Morgan fingerprint density at radius 1 is 1.29 bits per heavy atom. The van der Waals surface area contributed by atoms with Gasteiger partial charge >= 0.3 is 0 Å². The number of carbonyl (C=O) groups is 2. The molecule has 2 fully saturated rings. The van der Waals surface area contributed by atoms with E-state index in [4.69, 9.17) is 4.74 Å². The molecule has 2 aromatic heterocycles. The Labute approximate surface area is 163 Å². The van der Waals surface area contributed by atoms with E-state index >= 15 is 0 Å². The summed E-state index contributed by atoms with van der Waals surface area (Å²) in [6, 6.07) is 5.25. The zero-order valence-corrected chi connectivity index (χ0v) is 16.0. The van der Waals surface area contributed by atoms with Crippen LogP contribution in [0, 0.1) is 13.8 Å². The fourth-order valence-corrected chi connectivity index (χ4v) is 3.66. The summed E-state index contributed by atoms with van der Waals surface area (Å²) in [6.07, 6.45) is 4.46. The first kappa shape index (κ1) is 18.5. The van der Waals surface area contributed by atoms with Crippen molar-refractivity contribution in [2.24, 2.45) is 0 Å². The van der Waals surface area contributed by atoms with E-state index in [0.29, 0.717) is 5.82 Å². The highest BCUT2D eigenvalue weighted by atomic mass is 16.5. The van der Waals surface area contributed by atoms with Crippen molar-refractivity contribution in [3.63, 3.8) is 0 Å². The lowest BCUT2D eigenvalue weighted by atomic mass is 9.98. The van der Waals surface area contributed by atoms with Gasteiger partial charge in [0.05, 0.1) is 12.6 Å². The molecule has 2 aliphatic rings. The summed E-state index contributed by atoms with van der Waals surface area (Å²) in [5.74, 6) is 0.183. The van der Waals surface area contributed by atoms with Gasteiger partial charge in [-0.3, -0.25) is 14.6 Å². The highest BCUT2D eigenvalue weighted by molar-refractivity contribution is 5.86. The third-order valence-electron chi connectivity index (χ3n) is 4.93. The van der Waals surface area contributed by atoms with Crippen LogP contribution < -0.4 is 5.32 Å². The molecule has 8 heteroatoms. The third kappa shape index (κ3) is 3.87. The van der Waals surface area contributed by atoms with Crippen molar-refractivity contribution in [2.75, 3.05) is 6.61 Å². The number of rotatable bonds is 5. The summed E-state index contributed by atoms with van der Waals surface area (Å²) in [7, 11) is 0. The first-order chi connectivity index (χ1) is 13.5. The van der Waals surface area contributed by atoms with Gasteiger partial charge in [0.15, 0.2) is 6.10 Å². The van der Waals surface area contributed by atoms with Crippen molar-refractivity contribution >= 4 is 11.8 Å². The van der Waals surface area contributed by atoms with Crippen molar-refractivity contribution in [2.45, 2.75) is 51.4 Å². The minimum Gasteiger partial charge on any atom is -0.356 e. The Morgan fingerprint density at radius 3 is 2.68 bits per heavy atom. The lowest BCUT2D eigenvalue weighted by molar-refractivity contribution is -0.165. The van der Waals surface area contributed by atoms with Gasteiger partial charge in [-0.15, -0.1) is 0 Å². The van der Waals surface area contributed by atoms with Gasteiger partial charge in [0.1, 0.15) is 12.4 Å². The second-order valence-electron chi connectivity index (χ2n) is 7.28. The maximum absolute atomic E-state index is 13.0. The average Bonchev–Trinajstić information content (AvgIpc) is 3.51. The Kier molecular flexibility index (Phi) is 5.04. The fourth-order valence-electron chi connectivity index (χ4n) is 3.66. The number of morpholine rings is 1. The Morgan fingerprint density at radius 2 is 2.04 bits per heavy atom. The molecule has 1 aliphatic carbocycles. The maximum atomic E-state index is 13.0. The maximum Gasteiger partial charge on any atom is 0.252 e. The molecular weight excluding hydrogens is 358 g/mol. The van der Waals surface area contributed by atoms with E-state index in [0.717, 1.165) is 29.8 Å². The molecule has 0 aromatic carbocycles. The van der Waals surface area contributed by atoms with Crippen molar-refractivity contribution in [3.8, 4) is 0 Å². The number of hydrogen-bond acceptors (Lipinski definition) is 6. The van der Waals surface area contributed by atoms with Crippen LogP contribution in [0.5, 0.6) is 0 Å². The highest BCUT2D eigenvalue weighted by Crippen LogP contribution is 2.39. The molecule has 1 aliphatic heterocycles. The van der Waals surface area contributed by atoms with Gasteiger partial charge in [0.2, 0.25) is 5.91 Å². The molecule has 0 bridgehead atoms. The van der Waals surface area contributed by atoms with Gasteiger partial charge in [-0.05, 0) is 44.4 Å². The summed E-state index contributed by atoms with van der Waals surface area (Å²) in [5.41, 5.74) is 2.50. The van der Waals surface area contributed by atoms with Gasteiger partial charge in [-0.1, -0.05) is 6.07 Å². The van der Waals surface area contributed by atoms with E-state index in [1.165, 1.54) is 0 Å². The van der Waals surface area contributed by atoms with Crippen LogP contribution in [0.15, 0.2) is 30.6 Å². The standard InChI is InChI=1S/C20H23N5O3/c1-12-8-13(2)24-16(23-12)10-22-20(27)19-18(14-4-3-7-21-9-14)25(15-5-6-15)17(26)11-28-19/h3-4,7-9,15,18-19H,5-6,10-11H2,1-2H3,(H,22,27)/t18-,19+/m1/s1. The van der Waals surface area contributed by atoms with Crippen LogP contribution in [-0.4, -0.2) is 50.4 Å². The zero-order valence-electron chi connectivity index (χ0n) is 16.0. The molecule has 2 amide bonds. The number of pyridine rings is 1. The minimum absolute atomic E-state index is 0.0851. The van der Waals surface area contributed by atoms with Crippen LogP contribution in [-0.2, 0) is 20.9 Å². The van der Waals surface area contributed by atoms with Gasteiger partial charge in [0.25, 0.3) is 5.91 Å². The molecule has 2 aromatic rings. The first-order valence-electron chi connectivity index (χ1n) is 9.44. The molecule has 2 atom stereocenters. The van der Waals surface area contributed by atoms with Crippen LogP contribution in [0.3, 0.4) is 0 Å². The number of aryl methyl sites for hydroxylation is 2. The summed E-state index contributed by atoms with van der Waals surface area (Å²) >= 11 is 0. The normalized spacial score (nSPS) is 22.2. The predicted molar refractivity (Wildman–Crippen MR) is 99.9 cm³/mol. The average molecular weight is 381 g/mol. The van der Waals surface area contributed by atoms with Gasteiger partial charge in [-0.2, -0.15) is 0 Å². The van der Waals surface area contributed by atoms with Gasteiger partial charge < -0.3 is 15.0 Å². The third-order valence-corrected chi connectivity index (χ3v) is 4.93. The molecule has 1 N–H and O–H groups in total. The Bertz CT molecular complexity index is 864. The monoisotopic (exact) mass is 381 g/mol. The number of amides is 2. The predicted octanol–water partition coefficient (Wildman–Crippen LogP) is 1.24. The second kappa shape index (κ2) is 7.63. The van der Waals surface area contributed by atoms with Gasteiger partial charge in [-0.25, -0.2) is 9.97 Å². The molecule has 1 saturated carbocycles. The van der Waals surface area contributed by atoms with E-state index in [-0.39, 0.29) is 31.0 Å². The van der Waals surface area contributed by atoms with Crippen LogP contribution in [0.25, 0.3) is 0 Å². The molecule has 0 radical (unpaired) electrons. The highest BCUT2D eigenvalue weighted by Gasteiger charge is 2.47. The molecule has 0 unspecified atom stereocenters. The molecule has 146 valence electrons. The lowest BCUT2D eigenvalue weighted by Crippen LogP contribution is -2.55. The largest absolute Gasteiger partial charge is 0.356 e. The van der Waals surface area contributed by atoms with Crippen LogP contribution in [0.1, 0.15) is 41.7 Å². The van der Waals surface area contributed by atoms with E-state index in [9.17, 15) is 9.59 Å². The molecule has 8 nitrogen and oxygen atoms in total. The smallest absolute Gasteiger partial charge is 0.252 e. The molecule has 1 saturated heterocycles. The SMILES string of the molecule is Cc1cc(C)nc(CNC(=O)[C@H]2OCC(=O)N(C3CC3)[C@@H]2c2cccnc2)n1. The quantitative estimate of drug-likeness (QED) is 0.837. The van der Waals surface area contributed by atoms with Crippen molar-refractivity contribution in [1.82, 2.24) is 25.2 Å². The van der Waals surface area contributed by atoms with E-state index in [1.54, 1.807) is 23.4 Å². The fraction of sp³-hybridized carbons (Fsp3) is 0.450. The second-order valence-corrected chi connectivity index (χ2v) is 7.28. The van der Waals surface area contributed by atoms with E-state index in [1.807, 2.05) is 26.0 Å². The number of ether oxygens (including phenoxy) is 1. The first-order valence-corrected chi connectivity index (χ1v) is 9.44. The van der Waals surface area contributed by atoms with Crippen LogP contribution in [0.4, 0.5) is 0 Å². The van der Waals surface area contributed by atoms with Crippen molar-refractivity contribution in [1.29, 1.82) is 0 Å². The molecule has 4 rings (SSSR count).